The lowest BCUT2D eigenvalue weighted by atomic mass is 9.98. The molecular formula is C20H21F3N4O3. The van der Waals surface area contributed by atoms with Gasteiger partial charge in [0.2, 0.25) is 0 Å². The summed E-state index contributed by atoms with van der Waals surface area (Å²) in [6.45, 7) is 3.07. The number of pyridine rings is 1. The molecule has 1 aromatic carbocycles. The Morgan fingerprint density at radius 2 is 1.93 bits per heavy atom. The van der Waals surface area contributed by atoms with Gasteiger partial charge in [-0.3, -0.25) is 9.78 Å². The number of benzene rings is 1. The molecule has 0 bridgehead atoms. The molecule has 1 heterocycles. The fraction of sp³-hybridized carbons (Fsp3) is 0.300. The topological polar surface area (TPSA) is 85.2 Å². The van der Waals surface area contributed by atoms with E-state index in [4.69, 9.17) is 9.68 Å². The predicted octanol–water partition coefficient (Wildman–Crippen LogP) is 3.45. The van der Waals surface area contributed by atoms with E-state index in [0.717, 1.165) is 11.6 Å². The van der Waals surface area contributed by atoms with Gasteiger partial charge in [0.1, 0.15) is 19.4 Å². The summed E-state index contributed by atoms with van der Waals surface area (Å²) >= 11 is 0. The van der Waals surface area contributed by atoms with Crippen LogP contribution in [0.15, 0.2) is 46.8 Å². The SMILES string of the molecule is CNC(=O)/C(=N/OC)c1cccc(C)c1CO/N=C(\C)c1ncccc1C(F)(F)F. The Hall–Kier alpha value is -3.43. The zero-order valence-corrected chi connectivity index (χ0v) is 16.9. The van der Waals surface area contributed by atoms with Crippen LogP contribution in [-0.4, -0.2) is 36.5 Å². The van der Waals surface area contributed by atoms with Gasteiger partial charge in [0.15, 0.2) is 5.71 Å². The van der Waals surface area contributed by atoms with E-state index in [1.54, 1.807) is 25.1 Å². The highest BCUT2D eigenvalue weighted by Gasteiger charge is 2.34. The number of nitrogens with zero attached hydrogens (tertiary/aromatic N) is 3. The molecule has 0 radical (unpaired) electrons. The Bertz CT molecular complexity index is 972. The van der Waals surface area contributed by atoms with E-state index < -0.39 is 17.6 Å². The standard InChI is InChI=1S/C20H21F3N4O3/c1-12-7-5-8-14(18(27-29-4)19(28)24-3)15(12)11-30-26-13(2)17-16(20(21,22)23)9-6-10-25-17/h5-10H,11H2,1-4H3,(H,24,28)/b26-13+,27-18+. The minimum absolute atomic E-state index is 0.0323. The van der Waals surface area contributed by atoms with Gasteiger partial charge < -0.3 is 15.0 Å². The monoisotopic (exact) mass is 422 g/mol. The first kappa shape index (κ1) is 22.9. The van der Waals surface area contributed by atoms with Crippen LogP contribution in [0, 0.1) is 6.92 Å². The molecule has 0 aliphatic rings. The lowest BCUT2D eigenvalue weighted by Gasteiger charge is -2.13. The fourth-order valence-electron chi connectivity index (χ4n) is 2.70. The third-order valence-corrected chi connectivity index (χ3v) is 4.16. The molecule has 0 fully saturated rings. The van der Waals surface area contributed by atoms with Crippen molar-refractivity contribution in [2.75, 3.05) is 14.2 Å². The third kappa shape index (κ3) is 5.34. The van der Waals surface area contributed by atoms with Gasteiger partial charge in [-0.05, 0) is 31.5 Å². The van der Waals surface area contributed by atoms with Crippen molar-refractivity contribution in [3.63, 3.8) is 0 Å². The minimum atomic E-state index is -4.57. The largest absolute Gasteiger partial charge is 0.418 e. The Labute approximate surface area is 171 Å². The number of hydrogen-bond acceptors (Lipinski definition) is 6. The molecule has 1 N–H and O–H groups in total. The predicted molar refractivity (Wildman–Crippen MR) is 105 cm³/mol. The van der Waals surface area contributed by atoms with E-state index in [0.29, 0.717) is 11.1 Å². The van der Waals surface area contributed by atoms with E-state index in [2.05, 4.69) is 20.6 Å². The summed E-state index contributed by atoms with van der Waals surface area (Å²) in [7, 11) is 2.77. The van der Waals surface area contributed by atoms with Crippen LogP contribution in [0.5, 0.6) is 0 Å². The van der Waals surface area contributed by atoms with Crippen LogP contribution in [0.4, 0.5) is 13.2 Å². The molecule has 1 amide bonds. The highest BCUT2D eigenvalue weighted by Crippen LogP contribution is 2.31. The van der Waals surface area contributed by atoms with Gasteiger partial charge in [-0.25, -0.2) is 0 Å². The van der Waals surface area contributed by atoms with Crippen LogP contribution in [0.1, 0.15) is 34.9 Å². The number of rotatable bonds is 7. The molecule has 0 aliphatic heterocycles. The van der Waals surface area contributed by atoms with E-state index in [1.165, 1.54) is 33.3 Å². The van der Waals surface area contributed by atoms with Crippen molar-refractivity contribution >= 4 is 17.3 Å². The highest BCUT2D eigenvalue weighted by molar-refractivity contribution is 6.45. The molecule has 0 spiro atoms. The number of hydrogen-bond donors (Lipinski definition) is 1. The summed E-state index contributed by atoms with van der Waals surface area (Å²) in [4.78, 5) is 26.0. The summed E-state index contributed by atoms with van der Waals surface area (Å²) in [5.41, 5.74) is 0.607. The molecule has 0 saturated heterocycles. The van der Waals surface area contributed by atoms with Crippen molar-refractivity contribution in [1.82, 2.24) is 10.3 Å². The van der Waals surface area contributed by atoms with Gasteiger partial charge in [-0.1, -0.05) is 28.5 Å². The van der Waals surface area contributed by atoms with E-state index in [1.807, 2.05) is 0 Å². The number of amides is 1. The first-order valence-electron chi connectivity index (χ1n) is 8.82. The number of oxime groups is 2. The van der Waals surface area contributed by atoms with Gasteiger partial charge in [0.05, 0.1) is 11.3 Å². The molecule has 1 aromatic heterocycles. The van der Waals surface area contributed by atoms with Crippen LogP contribution in [0.2, 0.25) is 0 Å². The van der Waals surface area contributed by atoms with Crippen molar-refractivity contribution in [3.8, 4) is 0 Å². The van der Waals surface area contributed by atoms with Crippen molar-refractivity contribution < 1.29 is 27.6 Å². The van der Waals surface area contributed by atoms with Gasteiger partial charge in [0.25, 0.3) is 5.91 Å². The second-order valence-electron chi connectivity index (χ2n) is 6.15. The number of nitrogens with one attached hydrogen (secondary N) is 1. The molecule has 10 heteroatoms. The quantitative estimate of drug-likeness (QED) is 0.547. The minimum Gasteiger partial charge on any atom is -0.398 e. The third-order valence-electron chi connectivity index (χ3n) is 4.16. The maximum Gasteiger partial charge on any atom is 0.418 e. The van der Waals surface area contributed by atoms with Crippen LogP contribution in [0.3, 0.4) is 0 Å². The zero-order chi connectivity index (χ0) is 22.3. The first-order chi connectivity index (χ1) is 14.2. The van der Waals surface area contributed by atoms with Crippen molar-refractivity contribution in [2.45, 2.75) is 26.6 Å². The average molecular weight is 422 g/mol. The summed E-state index contributed by atoms with van der Waals surface area (Å²) < 4.78 is 39.5. The van der Waals surface area contributed by atoms with Gasteiger partial charge in [0, 0.05) is 24.4 Å². The molecule has 0 saturated carbocycles. The molecule has 7 nitrogen and oxygen atoms in total. The Morgan fingerprint density at radius 3 is 2.57 bits per heavy atom. The normalized spacial score (nSPS) is 12.5. The highest BCUT2D eigenvalue weighted by atomic mass is 19.4. The number of alkyl halides is 3. The number of carbonyl (C=O) groups is 1. The van der Waals surface area contributed by atoms with Crippen LogP contribution >= 0.6 is 0 Å². The maximum atomic E-state index is 13.2. The molecule has 0 unspecified atom stereocenters. The van der Waals surface area contributed by atoms with E-state index in [-0.39, 0.29) is 23.7 Å². The molecule has 160 valence electrons. The van der Waals surface area contributed by atoms with Gasteiger partial charge in [-0.15, -0.1) is 0 Å². The van der Waals surface area contributed by atoms with Crippen molar-refractivity contribution in [2.24, 2.45) is 10.3 Å². The average Bonchev–Trinajstić information content (AvgIpc) is 2.72. The summed E-state index contributed by atoms with van der Waals surface area (Å²) in [5, 5.41) is 10.1. The lowest BCUT2D eigenvalue weighted by molar-refractivity contribution is -0.138. The second kappa shape index (κ2) is 9.86. The first-order valence-corrected chi connectivity index (χ1v) is 8.82. The molecule has 0 atom stereocenters. The molecule has 2 aromatic rings. The van der Waals surface area contributed by atoms with Crippen LogP contribution in [0.25, 0.3) is 0 Å². The number of aryl methyl sites for hydroxylation is 1. The molecule has 2 rings (SSSR count). The number of halogens is 3. The Morgan fingerprint density at radius 1 is 1.20 bits per heavy atom. The molecule has 30 heavy (non-hydrogen) atoms. The van der Waals surface area contributed by atoms with Gasteiger partial charge >= 0.3 is 6.18 Å². The Balaban J connectivity index is 2.33. The van der Waals surface area contributed by atoms with Crippen LogP contribution in [-0.2, 0) is 27.3 Å². The van der Waals surface area contributed by atoms with Crippen molar-refractivity contribution in [1.29, 1.82) is 0 Å². The maximum absolute atomic E-state index is 13.2. The lowest BCUT2D eigenvalue weighted by Crippen LogP contribution is -2.29. The fourth-order valence-corrected chi connectivity index (χ4v) is 2.70. The summed E-state index contributed by atoms with van der Waals surface area (Å²) in [6.07, 6.45) is -3.32. The Kier molecular flexibility index (Phi) is 7.51. The van der Waals surface area contributed by atoms with Crippen molar-refractivity contribution in [3.05, 3.63) is 64.5 Å². The number of carbonyl (C=O) groups excluding carboxylic acids is 1. The van der Waals surface area contributed by atoms with E-state index in [9.17, 15) is 18.0 Å². The molecular weight excluding hydrogens is 401 g/mol. The number of aromatic nitrogens is 1. The summed E-state index contributed by atoms with van der Waals surface area (Å²) in [6, 6.07) is 7.33. The smallest absolute Gasteiger partial charge is 0.398 e. The second-order valence-corrected chi connectivity index (χ2v) is 6.15. The summed E-state index contributed by atoms with van der Waals surface area (Å²) in [5.74, 6) is -0.466. The number of likely N-dealkylation sites (N-methyl/N-ethyl adjacent to an activating group) is 1. The van der Waals surface area contributed by atoms with E-state index >= 15 is 0 Å². The molecule has 0 aliphatic carbocycles. The van der Waals surface area contributed by atoms with Crippen LogP contribution < -0.4 is 5.32 Å². The zero-order valence-electron chi connectivity index (χ0n) is 16.9. The van der Waals surface area contributed by atoms with Gasteiger partial charge in [-0.2, -0.15) is 13.2 Å².